The molecule has 2 heterocycles. The predicted molar refractivity (Wildman–Crippen MR) is 98.3 cm³/mol. The highest BCUT2D eigenvalue weighted by Gasteiger charge is 2.35. The Labute approximate surface area is 147 Å². The van der Waals surface area contributed by atoms with Crippen LogP contribution in [0, 0.1) is 12.3 Å². The number of fused-ring (bicyclic) bond motifs is 1. The van der Waals surface area contributed by atoms with E-state index in [-0.39, 0.29) is 22.9 Å². The molecule has 2 aromatic rings. The van der Waals surface area contributed by atoms with Gasteiger partial charge in [-0.25, -0.2) is 4.98 Å². The van der Waals surface area contributed by atoms with Crippen molar-refractivity contribution in [1.82, 2.24) is 14.5 Å². The lowest BCUT2D eigenvalue weighted by Crippen LogP contribution is -2.54. The van der Waals surface area contributed by atoms with Gasteiger partial charge in [0.1, 0.15) is 0 Å². The van der Waals surface area contributed by atoms with Gasteiger partial charge in [0, 0.05) is 32.1 Å². The van der Waals surface area contributed by atoms with E-state index in [4.69, 9.17) is 5.73 Å². The van der Waals surface area contributed by atoms with Gasteiger partial charge in [-0.05, 0) is 30.4 Å². The standard InChI is InChI=1S/C19H26N4O2/c1-13-5-4-6-14-17(13)21-12-23(18(14)25)10-8-16(24)22-9-7-15(20)19(2,3)11-22/h4-6,12,15H,7-11,20H2,1-3H3. The number of aromatic nitrogens is 2. The van der Waals surface area contributed by atoms with Crippen LogP contribution in [0.3, 0.4) is 0 Å². The second-order valence-corrected chi connectivity index (χ2v) is 7.66. The molecule has 0 spiro atoms. The van der Waals surface area contributed by atoms with Crippen molar-refractivity contribution in [2.45, 2.75) is 46.2 Å². The van der Waals surface area contributed by atoms with Crippen molar-refractivity contribution in [2.75, 3.05) is 13.1 Å². The lowest BCUT2D eigenvalue weighted by molar-refractivity contribution is -0.134. The molecule has 1 aliphatic heterocycles. The van der Waals surface area contributed by atoms with Crippen molar-refractivity contribution >= 4 is 16.8 Å². The third-order valence-electron chi connectivity index (χ3n) is 5.29. The summed E-state index contributed by atoms with van der Waals surface area (Å²) in [5.41, 5.74) is 7.66. The zero-order valence-electron chi connectivity index (χ0n) is 15.2. The molecule has 0 radical (unpaired) electrons. The highest BCUT2D eigenvalue weighted by molar-refractivity contribution is 5.80. The average Bonchev–Trinajstić information content (AvgIpc) is 2.57. The summed E-state index contributed by atoms with van der Waals surface area (Å²) in [6, 6.07) is 5.69. The fourth-order valence-corrected chi connectivity index (χ4v) is 3.46. The van der Waals surface area contributed by atoms with Crippen LogP contribution < -0.4 is 11.3 Å². The Bertz CT molecular complexity index is 856. The Kier molecular flexibility index (Phi) is 4.64. The summed E-state index contributed by atoms with van der Waals surface area (Å²) in [6.45, 7) is 7.82. The van der Waals surface area contributed by atoms with E-state index in [1.807, 2.05) is 24.0 Å². The van der Waals surface area contributed by atoms with Crippen molar-refractivity contribution in [1.29, 1.82) is 0 Å². The molecule has 25 heavy (non-hydrogen) atoms. The van der Waals surface area contributed by atoms with E-state index < -0.39 is 0 Å². The minimum absolute atomic E-state index is 0.0659. The van der Waals surface area contributed by atoms with Gasteiger partial charge >= 0.3 is 0 Å². The van der Waals surface area contributed by atoms with E-state index >= 15 is 0 Å². The molecule has 1 atom stereocenters. The fraction of sp³-hybridized carbons (Fsp3) is 0.526. The molecule has 2 N–H and O–H groups in total. The zero-order chi connectivity index (χ0) is 18.2. The van der Waals surface area contributed by atoms with E-state index in [1.54, 1.807) is 12.4 Å². The molecule has 1 aliphatic rings. The van der Waals surface area contributed by atoms with Crippen LogP contribution in [0.15, 0.2) is 29.3 Å². The van der Waals surface area contributed by atoms with E-state index in [0.717, 1.165) is 17.5 Å². The minimum Gasteiger partial charge on any atom is -0.342 e. The molecule has 1 amide bonds. The third-order valence-corrected chi connectivity index (χ3v) is 5.29. The van der Waals surface area contributed by atoms with Gasteiger partial charge in [0.05, 0.1) is 17.2 Å². The third kappa shape index (κ3) is 3.44. The van der Waals surface area contributed by atoms with Crippen LogP contribution in [0.4, 0.5) is 0 Å². The number of nitrogens with zero attached hydrogens (tertiary/aromatic N) is 3. The Morgan fingerprint density at radius 2 is 2.16 bits per heavy atom. The number of hydrogen-bond acceptors (Lipinski definition) is 4. The molecular weight excluding hydrogens is 316 g/mol. The number of hydrogen-bond donors (Lipinski definition) is 1. The molecular formula is C19H26N4O2. The van der Waals surface area contributed by atoms with Gasteiger partial charge in [0.25, 0.3) is 5.56 Å². The Morgan fingerprint density at radius 3 is 2.88 bits per heavy atom. The molecule has 0 saturated carbocycles. The lowest BCUT2D eigenvalue weighted by Gasteiger charge is -2.42. The Morgan fingerprint density at radius 1 is 1.40 bits per heavy atom. The Balaban J connectivity index is 1.72. The van der Waals surface area contributed by atoms with Gasteiger partial charge in [-0.3, -0.25) is 14.2 Å². The molecule has 1 aromatic carbocycles. The van der Waals surface area contributed by atoms with Crippen molar-refractivity contribution in [2.24, 2.45) is 11.1 Å². The lowest BCUT2D eigenvalue weighted by atomic mass is 9.79. The van der Waals surface area contributed by atoms with Gasteiger partial charge < -0.3 is 10.6 Å². The van der Waals surface area contributed by atoms with Crippen molar-refractivity contribution < 1.29 is 4.79 Å². The molecule has 1 fully saturated rings. The maximum Gasteiger partial charge on any atom is 0.261 e. The van der Waals surface area contributed by atoms with Gasteiger partial charge in [-0.2, -0.15) is 0 Å². The van der Waals surface area contributed by atoms with Gasteiger partial charge in [-0.15, -0.1) is 0 Å². The van der Waals surface area contributed by atoms with Crippen LogP contribution in [0.1, 0.15) is 32.3 Å². The zero-order valence-corrected chi connectivity index (χ0v) is 15.2. The Hall–Kier alpha value is -2.21. The first-order chi connectivity index (χ1) is 11.8. The van der Waals surface area contributed by atoms with Crippen LogP contribution in [-0.4, -0.2) is 39.5 Å². The first kappa shape index (κ1) is 17.6. The molecule has 1 saturated heterocycles. The summed E-state index contributed by atoms with van der Waals surface area (Å²) in [7, 11) is 0. The van der Waals surface area contributed by atoms with Gasteiger partial charge in [0.2, 0.25) is 5.91 Å². The van der Waals surface area contributed by atoms with Crippen molar-refractivity contribution in [3.63, 3.8) is 0 Å². The van der Waals surface area contributed by atoms with E-state index in [1.165, 1.54) is 4.57 Å². The molecule has 0 bridgehead atoms. The predicted octanol–water partition coefficient (Wildman–Crippen LogP) is 1.68. The normalized spacial score (nSPS) is 20.0. The number of rotatable bonds is 3. The number of likely N-dealkylation sites (tertiary alicyclic amines) is 1. The number of nitrogens with two attached hydrogens (primary N) is 1. The smallest absolute Gasteiger partial charge is 0.261 e. The van der Waals surface area contributed by atoms with Crippen molar-refractivity contribution in [3.8, 4) is 0 Å². The SMILES string of the molecule is Cc1cccc2c(=O)n(CCC(=O)N3CCC(N)C(C)(C)C3)cnc12. The first-order valence-electron chi connectivity index (χ1n) is 8.78. The maximum absolute atomic E-state index is 12.6. The van der Waals surface area contributed by atoms with Gasteiger partial charge in [0.15, 0.2) is 0 Å². The number of amides is 1. The summed E-state index contributed by atoms with van der Waals surface area (Å²) < 4.78 is 1.53. The molecule has 1 aromatic heterocycles. The van der Waals surface area contributed by atoms with Crippen LogP contribution in [0.5, 0.6) is 0 Å². The van der Waals surface area contributed by atoms with E-state index in [0.29, 0.717) is 31.4 Å². The maximum atomic E-state index is 12.6. The summed E-state index contributed by atoms with van der Waals surface area (Å²) >= 11 is 0. The van der Waals surface area contributed by atoms with Gasteiger partial charge in [-0.1, -0.05) is 26.0 Å². The largest absolute Gasteiger partial charge is 0.342 e. The molecule has 134 valence electrons. The highest BCUT2D eigenvalue weighted by Crippen LogP contribution is 2.28. The second kappa shape index (κ2) is 6.59. The second-order valence-electron chi connectivity index (χ2n) is 7.66. The summed E-state index contributed by atoms with van der Waals surface area (Å²) in [4.78, 5) is 31.4. The number of carbonyl (C=O) groups is 1. The van der Waals surface area contributed by atoms with Crippen LogP contribution >= 0.6 is 0 Å². The fourth-order valence-electron chi connectivity index (χ4n) is 3.46. The molecule has 6 heteroatoms. The minimum atomic E-state index is -0.0949. The molecule has 6 nitrogen and oxygen atoms in total. The summed E-state index contributed by atoms with van der Waals surface area (Å²) in [6.07, 6.45) is 2.65. The molecule has 1 unspecified atom stereocenters. The summed E-state index contributed by atoms with van der Waals surface area (Å²) in [5.74, 6) is 0.0659. The number of aryl methyl sites for hydroxylation is 2. The highest BCUT2D eigenvalue weighted by atomic mass is 16.2. The average molecular weight is 342 g/mol. The monoisotopic (exact) mass is 342 g/mol. The number of benzene rings is 1. The van der Waals surface area contributed by atoms with E-state index in [9.17, 15) is 9.59 Å². The molecule has 0 aliphatic carbocycles. The topological polar surface area (TPSA) is 81.2 Å². The van der Waals surface area contributed by atoms with Crippen LogP contribution in [-0.2, 0) is 11.3 Å². The van der Waals surface area contributed by atoms with Crippen molar-refractivity contribution in [3.05, 3.63) is 40.4 Å². The van der Waals surface area contributed by atoms with E-state index in [2.05, 4.69) is 18.8 Å². The number of piperidine rings is 1. The number of para-hydroxylation sites is 1. The first-order valence-corrected chi connectivity index (χ1v) is 8.78. The van der Waals surface area contributed by atoms with Crippen LogP contribution in [0.25, 0.3) is 10.9 Å². The summed E-state index contributed by atoms with van der Waals surface area (Å²) in [5, 5.41) is 0.597. The molecule has 3 rings (SSSR count). The quantitative estimate of drug-likeness (QED) is 0.920. The number of carbonyl (C=O) groups excluding carboxylic acids is 1. The van der Waals surface area contributed by atoms with Crippen LogP contribution in [0.2, 0.25) is 0 Å².